The van der Waals surface area contributed by atoms with Crippen molar-refractivity contribution in [3.05, 3.63) is 121 Å². The summed E-state index contributed by atoms with van der Waals surface area (Å²) in [7, 11) is 9.19. The maximum Gasteiger partial charge on any atom is 0 e. The van der Waals surface area contributed by atoms with Gasteiger partial charge in [-0.25, -0.2) is 0 Å². The van der Waals surface area contributed by atoms with Crippen molar-refractivity contribution in [1.82, 2.24) is 0 Å². The molecule has 0 saturated heterocycles. The molecule has 0 fully saturated rings. The summed E-state index contributed by atoms with van der Waals surface area (Å²) < 4.78 is 0. The maximum atomic E-state index is 4.76. The molecule has 189 valence electrons. The number of hydrogen-bond donors (Lipinski definition) is 0. The summed E-state index contributed by atoms with van der Waals surface area (Å²) in [6, 6.07) is 42.8. The van der Waals surface area contributed by atoms with Crippen molar-refractivity contribution in [2.45, 2.75) is 0 Å². The Bertz CT molecular complexity index is 810. The van der Waals surface area contributed by atoms with Crippen LogP contribution in [0.2, 0.25) is 0 Å². The Balaban J connectivity index is 0. The van der Waals surface area contributed by atoms with Crippen molar-refractivity contribution in [3.63, 3.8) is 0 Å². The molecule has 0 radical (unpaired) electrons. The molecule has 4 aromatic carbocycles. The molecule has 0 N–H and O–H groups in total. The first-order chi connectivity index (χ1) is 15.2. The molecule has 0 nitrogen and oxygen atoms in total. The zero-order valence-electron chi connectivity index (χ0n) is 18.6. The average molecular weight is 775 g/mol. The summed E-state index contributed by atoms with van der Waals surface area (Å²) in [6.45, 7) is 4.61. The quantitative estimate of drug-likeness (QED) is 0.219. The SMILES string of the molecule is CP(c1ccccc1)c1ccccc1.CP(c1ccccc1)c1ccccc1.[Cl-].[Cl][Fe+][Cl].[Pd].[Pd]. The van der Waals surface area contributed by atoms with Crippen LogP contribution in [0.25, 0.3) is 0 Å². The van der Waals surface area contributed by atoms with Crippen LogP contribution in [-0.4, -0.2) is 13.3 Å². The van der Waals surface area contributed by atoms with E-state index < -0.39 is 0 Å². The minimum absolute atomic E-state index is 0. The number of halogens is 3. The van der Waals surface area contributed by atoms with E-state index in [1.54, 1.807) is 0 Å². The standard InChI is InChI=1S/2C13H13P.3ClH.Fe.2Pd/c2*1-14(12-8-4-2-5-9-12)13-10-6-3-7-11-13;;;;;;/h2*2-11H,1H3;3*1H;;;/q;;;;;+3;;/p-3. The van der Waals surface area contributed by atoms with Crippen molar-refractivity contribution in [3.8, 4) is 0 Å². The van der Waals surface area contributed by atoms with Crippen LogP contribution < -0.4 is 33.6 Å². The van der Waals surface area contributed by atoms with Gasteiger partial charge in [-0.2, -0.15) is 0 Å². The van der Waals surface area contributed by atoms with Gasteiger partial charge in [-0.1, -0.05) is 121 Å². The van der Waals surface area contributed by atoms with Gasteiger partial charge in [-0.15, -0.1) is 0 Å². The molecule has 4 rings (SSSR count). The molecule has 0 saturated carbocycles. The van der Waals surface area contributed by atoms with Gasteiger partial charge in [0.25, 0.3) is 0 Å². The van der Waals surface area contributed by atoms with Crippen LogP contribution in [0.4, 0.5) is 0 Å². The summed E-state index contributed by atoms with van der Waals surface area (Å²) in [6.07, 6.45) is 0. The fourth-order valence-electron chi connectivity index (χ4n) is 2.90. The van der Waals surface area contributed by atoms with Crippen molar-refractivity contribution >= 4 is 57.3 Å². The molecule has 0 unspecified atom stereocenters. The first-order valence-corrected chi connectivity index (χ1v) is 16.3. The summed E-state index contributed by atoms with van der Waals surface area (Å²) in [4.78, 5) is 0. The molecule has 34 heavy (non-hydrogen) atoms. The van der Waals surface area contributed by atoms with Crippen LogP contribution in [0.5, 0.6) is 0 Å². The van der Waals surface area contributed by atoms with E-state index in [0.29, 0.717) is 0 Å². The van der Waals surface area contributed by atoms with Gasteiger partial charge in [0.05, 0.1) is 0 Å². The van der Waals surface area contributed by atoms with E-state index in [1.807, 2.05) is 0 Å². The Morgan fingerprint density at radius 3 is 0.735 bits per heavy atom. The Morgan fingerprint density at radius 2 is 0.588 bits per heavy atom. The molecule has 0 bridgehead atoms. The Hall–Kier alpha value is 0.454. The molecule has 0 heterocycles. The second-order valence-electron chi connectivity index (χ2n) is 6.51. The molecular weight excluding hydrogens is 749 g/mol. The summed E-state index contributed by atoms with van der Waals surface area (Å²) in [5.74, 6) is 0. The third kappa shape index (κ3) is 13.7. The number of hydrogen-bond acceptors (Lipinski definition) is 0. The van der Waals surface area contributed by atoms with E-state index in [0.717, 1.165) is 0 Å². The van der Waals surface area contributed by atoms with Crippen molar-refractivity contribution < 1.29 is 66.4 Å². The van der Waals surface area contributed by atoms with E-state index in [-0.39, 0.29) is 82.2 Å². The molecule has 0 aliphatic heterocycles. The zero-order valence-corrected chi connectivity index (χ0v) is 26.8. The second-order valence-corrected chi connectivity index (χ2v) is 12.6. The van der Waals surface area contributed by atoms with Crippen molar-refractivity contribution in [1.29, 1.82) is 0 Å². The minimum Gasteiger partial charge on any atom is 0 e. The molecule has 0 aliphatic rings. The second kappa shape index (κ2) is 22.6. The fourth-order valence-corrected chi connectivity index (χ4v) is 5.98. The predicted octanol–water partition coefficient (Wildman–Crippen LogP) is 3.87. The molecule has 0 atom stereocenters. The Labute approximate surface area is 255 Å². The molecule has 0 spiro atoms. The minimum atomic E-state index is -0.171. The summed E-state index contributed by atoms with van der Waals surface area (Å²) in [5, 5.41) is 5.75. The molecule has 4 aromatic rings. The van der Waals surface area contributed by atoms with Gasteiger partial charge in [0.2, 0.25) is 0 Å². The third-order valence-corrected chi connectivity index (χ3v) is 8.86. The largest absolute Gasteiger partial charge is 0 e. The van der Waals surface area contributed by atoms with Crippen molar-refractivity contribution in [2.75, 3.05) is 13.3 Å². The van der Waals surface area contributed by atoms with Crippen LogP contribution in [0.15, 0.2) is 121 Å². The Morgan fingerprint density at radius 1 is 0.441 bits per heavy atom. The van der Waals surface area contributed by atoms with E-state index in [2.05, 4.69) is 135 Å². The first-order valence-electron chi connectivity index (χ1n) is 9.70. The summed E-state index contributed by atoms with van der Waals surface area (Å²) in [5.41, 5.74) is 0. The van der Waals surface area contributed by atoms with Gasteiger partial charge in [-0.3, -0.25) is 0 Å². The topological polar surface area (TPSA) is 0 Å². The first kappa shape index (κ1) is 36.6. The fraction of sp³-hybridized carbons (Fsp3) is 0.0769. The van der Waals surface area contributed by atoms with Gasteiger partial charge >= 0.3 is 33.3 Å². The maximum absolute atomic E-state index is 4.76. The van der Waals surface area contributed by atoms with Gasteiger partial charge in [-0.05, 0) is 50.4 Å². The van der Waals surface area contributed by atoms with E-state index in [9.17, 15) is 0 Å². The Kier molecular flexibility index (Phi) is 24.4. The van der Waals surface area contributed by atoms with E-state index in [1.165, 1.54) is 21.2 Å². The summed E-state index contributed by atoms with van der Waals surface area (Å²) >= 11 is 0.194. The monoisotopic (exact) mass is 773 g/mol. The van der Waals surface area contributed by atoms with Gasteiger partial charge < -0.3 is 12.4 Å². The normalized spacial score (nSPS) is 9.12. The van der Waals surface area contributed by atoms with Crippen LogP contribution in [0.1, 0.15) is 0 Å². The van der Waals surface area contributed by atoms with Gasteiger partial charge in [0.15, 0.2) is 0 Å². The smallest absolute Gasteiger partial charge is 0 e. The average Bonchev–Trinajstić information content (AvgIpc) is 2.86. The number of rotatable bonds is 4. The number of benzene rings is 4. The van der Waals surface area contributed by atoms with Gasteiger partial charge in [0.1, 0.15) is 0 Å². The molecule has 0 aromatic heterocycles. The van der Waals surface area contributed by atoms with E-state index >= 15 is 0 Å². The van der Waals surface area contributed by atoms with Crippen LogP contribution >= 0.6 is 36.0 Å². The molecular formula is C26H26Cl3FeP2Pd2. The van der Waals surface area contributed by atoms with E-state index in [4.69, 9.17) is 20.2 Å². The third-order valence-electron chi connectivity index (χ3n) is 4.57. The molecule has 0 amide bonds. The van der Waals surface area contributed by atoms with Gasteiger partial charge in [0, 0.05) is 40.8 Å². The predicted molar refractivity (Wildman–Crippen MR) is 142 cm³/mol. The van der Waals surface area contributed by atoms with Crippen molar-refractivity contribution in [2.24, 2.45) is 0 Å². The van der Waals surface area contributed by atoms with Crippen LogP contribution in [0, 0.1) is 0 Å². The zero-order chi connectivity index (χ0) is 22.3. The molecule has 0 aliphatic carbocycles. The van der Waals surface area contributed by atoms with Crippen LogP contribution in [0.3, 0.4) is 0 Å². The molecule has 8 heteroatoms. The van der Waals surface area contributed by atoms with Crippen LogP contribution in [-0.2, 0) is 54.0 Å².